The van der Waals surface area contributed by atoms with Gasteiger partial charge < -0.3 is 19.8 Å². The third kappa shape index (κ3) is 3.55. The van der Waals surface area contributed by atoms with Gasteiger partial charge in [-0.1, -0.05) is 35.9 Å². The van der Waals surface area contributed by atoms with Gasteiger partial charge in [0.15, 0.2) is 11.5 Å². The number of carbonyl (C=O) groups excluding carboxylic acids is 1. The summed E-state index contributed by atoms with van der Waals surface area (Å²) in [5, 5.41) is 2.76. The number of amides is 1. The number of fused-ring (bicyclic) bond motifs is 1. The molecule has 1 aromatic heterocycles. The second kappa shape index (κ2) is 6.99. The van der Waals surface area contributed by atoms with Gasteiger partial charge in [-0.25, -0.2) is 0 Å². The number of hydrogen-bond acceptors (Lipinski definition) is 4. The Hall–Kier alpha value is -3.54. The molecule has 0 aliphatic carbocycles. The molecule has 2 aromatic carbocycles. The highest BCUT2D eigenvalue weighted by Crippen LogP contribution is 2.32. The molecule has 6 nitrogen and oxygen atoms in total. The van der Waals surface area contributed by atoms with Gasteiger partial charge in [-0.05, 0) is 42.3 Å². The number of aromatic amines is 1. The number of carbonyl (C=O) groups is 1. The van der Waals surface area contributed by atoms with E-state index in [1.54, 1.807) is 18.2 Å². The number of aryl methyl sites for hydroxylation is 1. The van der Waals surface area contributed by atoms with E-state index in [4.69, 9.17) is 9.47 Å². The number of rotatable bonds is 4. The normalized spacial score (nSPS) is 12.0. The third-order valence-electron chi connectivity index (χ3n) is 4.41. The summed E-state index contributed by atoms with van der Waals surface area (Å²) < 4.78 is 10.6. The number of hydrogen-bond donors (Lipinski definition) is 2. The van der Waals surface area contributed by atoms with Crippen molar-refractivity contribution in [3.63, 3.8) is 0 Å². The topological polar surface area (TPSA) is 80.4 Å². The summed E-state index contributed by atoms with van der Waals surface area (Å²) in [4.78, 5) is 27.5. The maximum Gasteiger partial charge on any atom is 0.261 e. The third-order valence-corrected chi connectivity index (χ3v) is 4.41. The zero-order valence-corrected chi connectivity index (χ0v) is 14.7. The molecule has 0 radical (unpaired) electrons. The molecule has 3 aromatic rings. The van der Waals surface area contributed by atoms with Crippen LogP contribution in [0, 0.1) is 6.92 Å². The van der Waals surface area contributed by atoms with Crippen LogP contribution in [-0.4, -0.2) is 17.7 Å². The maximum absolute atomic E-state index is 12.4. The van der Waals surface area contributed by atoms with Crippen molar-refractivity contribution in [1.29, 1.82) is 0 Å². The Labute approximate surface area is 155 Å². The molecule has 4 rings (SSSR count). The second-order valence-electron chi connectivity index (χ2n) is 6.35. The van der Waals surface area contributed by atoms with Crippen LogP contribution in [0.5, 0.6) is 11.5 Å². The molecule has 0 unspecified atom stereocenters. The molecule has 2 heterocycles. The molecule has 0 saturated heterocycles. The summed E-state index contributed by atoms with van der Waals surface area (Å²) >= 11 is 0. The highest BCUT2D eigenvalue weighted by atomic mass is 16.7. The number of pyridine rings is 1. The summed E-state index contributed by atoms with van der Waals surface area (Å²) in [6, 6.07) is 16.5. The van der Waals surface area contributed by atoms with Gasteiger partial charge in [-0.15, -0.1) is 0 Å². The molecule has 0 fully saturated rings. The first kappa shape index (κ1) is 16.9. The molecular formula is C21H18N2O4. The minimum absolute atomic E-state index is 0.0756. The van der Waals surface area contributed by atoms with Crippen LogP contribution < -0.4 is 20.3 Å². The van der Waals surface area contributed by atoms with Gasteiger partial charge in [-0.3, -0.25) is 9.59 Å². The Morgan fingerprint density at radius 3 is 2.59 bits per heavy atom. The van der Waals surface area contributed by atoms with E-state index in [2.05, 4.69) is 10.3 Å². The van der Waals surface area contributed by atoms with E-state index in [9.17, 15) is 9.59 Å². The molecule has 6 heteroatoms. The van der Waals surface area contributed by atoms with Crippen molar-refractivity contribution in [2.45, 2.75) is 13.5 Å². The van der Waals surface area contributed by atoms with Crippen molar-refractivity contribution in [1.82, 2.24) is 10.3 Å². The average Bonchev–Trinajstić information content (AvgIpc) is 3.14. The van der Waals surface area contributed by atoms with Gasteiger partial charge in [0, 0.05) is 12.2 Å². The van der Waals surface area contributed by atoms with Crippen LogP contribution in [0.15, 0.2) is 59.4 Å². The van der Waals surface area contributed by atoms with Crippen LogP contribution in [0.4, 0.5) is 0 Å². The first-order valence-electron chi connectivity index (χ1n) is 8.57. The fourth-order valence-electron chi connectivity index (χ4n) is 2.88. The highest BCUT2D eigenvalue weighted by Gasteiger charge is 2.15. The summed E-state index contributed by atoms with van der Waals surface area (Å²) in [7, 11) is 0. The summed E-state index contributed by atoms with van der Waals surface area (Å²) in [5.74, 6) is 0.916. The average molecular weight is 362 g/mol. The molecule has 0 spiro atoms. The predicted octanol–water partition coefficient (Wildman–Crippen LogP) is 3.01. The zero-order valence-electron chi connectivity index (χ0n) is 14.7. The van der Waals surface area contributed by atoms with E-state index in [0.717, 1.165) is 16.7 Å². The van der Waals surface area contributed by atoms with Crippen LogP contribution in [0.1, 0.15) is 21.5 Å². The largest absolute Gasteiger partial charge is 0.454 e. The van der Waals surface area contributed by atoms with Crippen LogP contribution in [-0.2, 0) is 6.54 Å². The Morgan fingerprint density at radius 1 is 1.04 bits per heavy atom. The minimum atomic E-state index is -0.427. The molecule has 0 atom stereocenters. The van der Waals surface area contributed by atoms with E-state index < -0.39 is 11.5 Å². The lowest BCUT2D eigenvalue weighted by atomic mass is 10.1. The van der Waals surface area contributed by atoms with Gasteiger partial charge in [0.05, 0.1) is 0 Å². The lowest BCUT2D eigenvalue weighted by Gasteiger charge is -2.07. The van der Waals surface area contributed by atoms with Crippen molar-refractivity contribution in [3.8, 4) is 22.8 Å². The van der Waals surface area contributed by atoms with Crippen molar-refractivity contribution >= 4 is 5.91 Å². The molecule has 27 heavy (non-hydrogen) atoms. The van der Waals surface area contributed by atoms with E-state index >= 15 is 0 Å². The fourth-order valence-corrected chi connectivity index (χ4v) is 2.88. The molecular weight excluding hydrogens is 344 g/mol. The Bertz CT molecular complexity index is 1050. The maximum atomic E-state index is 12.4. The molecule has 136 valence electrons. The monoisotopic (exact) mass is 362 g/mol. The molecule has 1 amide bonds. The predicted molar refractivity (Wildman–Crippen MR) is 101 cm³/mol. The van der Waals surface area contributed by atoms with E-state index in [-0.39, 0.29) is 18.9 Å². The summed E-state index contributed by atoms with van der Waals surface area (Å²) in [6.45, 7) is 2.49. The standard InChI is InChI=1S/C21H18N2O4/c1-13-2-5-15(6-3-13)17-8-7-16(21(25)23-17)20(24)22-11-14-4-9-18-19(10-14)27-12-26-18/h2-10H,11-12H2,1H3,(H,22,24)(H,23,25). The van der Waals surface area contributed by atoms with Crippen molar-refractivity contribution in [3.05, 3.63) is 81.6 Å². The molecule has 2 N–H and O–H groups in total. The SMILES string of the molecule is Cc1ccc(-c2ccc(C(=O)NCc3ccc4c(c3)OCO4)c(=O)[nH]2)cc1. The smallest absolute Gasteiger partial charge is 0.261 e. The van der Waals surface area contributed by atoms with Crippen LogP contribution in [0.25, 0.3) is 11.3 Å². The van der Waals surface area contributed by atoms with Crippen molar-refractivity contribution in [2.24, 2.45) is 0 Å². The molecule has 0 saturated carbocycles. The Balaban J connectivity index is 1.47. The molecule has 0 bridgehead atoms. The van der Waals surface area contributed by atoms with Gasteiger partial charge >= 0.3 is 0 Å². The minimum Gasteiger partial charge on any atom is -0.454 e. The highest BCUT2D eigenvalue weighted by molar-refractivity contribution is 5.94. The fraction of sp³-hybridized carbons (Fsp3) is 0.143. The van der Waals surface area contributed by atoms with Crippen molar-refractivity contribution < 1.29 is 14.3 Å². The second-order valence-corrected chi connectivity index (χ2v) is 6.35. The van der Waals surface area contributed by atoms with Gasteiger partial charge in [-0.2, -0.15) is 0 Å². The number of aromatic nitrogens is 1. The summed E-state index contributed by atoms with van der Waals surface area (Å²) in [5.41, 5.74) is 3.22. The number of benzene rings is 2. The van der Waals surface area contributed by atoms with Crippen LogP contribution in [0.3, 0.4) is 0 Å². The molecule has 1 aliphatic heterocycles. The number of nitrogens with one attached hydrogen (secondary N) is 2. The molecule has 1 aliphatic rings. The van der Waals surface area contributed by atoms with Gasteiger partial charge in [0.1, 0.15) is 5.56 Å². The van der Waals surface area contributed by atoms with Crippen LogP contribution >= 0.6 is 0 Å². The van der Waals surface area contributed by atoms with E-state index in [0.29, 0.717) is 17.2 Å². The first-order chi connectivity index (χ1) is 13.1. The first-order valence-corrected chi connectivity index (χ1v) is 8.57. The van der Waals surface area contributed by atoms with E-state index in [1.165, 1.54) is 0 Å². The Morgan fingerprint density at radius 2 is 1.81 bits per heavy atom. The number of H-pyrrole nitrogens is 1. The van der Waals surface area contributed by atoms with Gasteiger partial charge in [0.2, 0.25) is 6.79 Å². The lowest BCUT2D eigenvalue weighted by molar-refractivity contribution is 0.0949. The zero-order chi connectivity index (χ0) is 18.8. The Kier molecular flexibility index (Phi) is 4.38. The quantitative estimate of drug-likeness (QED) is 0.748. The lowest BCUT2D eigenvalue weighted by Crippen LogP contribution is -2.29. The summed E-state index contributed by atoms with van der Waals surface area (Å²) in [6.07, 6.45) is 0. The number of ether oxygens (including phenoxy) is 2. The van der Waals surface area contributed by atoms with E-state index in [1.807, 2.05) is 43.3 Å². The van der Waals surface area contributed by atoms with Gasteiger partial charge in [0.25, 0.3) is 11.5 Å². The van der Waals surface area contributed by atoms with Crippen molar-refractivity contribution in [2.75, 3.05) is 6.79 Å². The van der Waals surface area contributed by atoms with Crippen LogP contribution in [0.2, 0.25) is 0 Å².